The summed E-state index contributed by atoms with van der Waals surface area (Å²) in [4.78, 5) is 0. The zero-order valence-corrected chi connectivity index (χ0v) is 9.45. The average Bonchev–Trinajstić information content (AvgIpc) is 2.68. The third kappa shape index (κ3) is 2.20. The number of rotatable bonds is 4. The molecule has 0 aromatic carbocycles. The van der Waals surface area contributed by atoms with Crippen LogP contribution < -0.4 is 5.73 Å². The SMILES string of the molecule is CCCCc1nnc2n1CCC(CN)C2. The molecule has 1 aliphatic rings. The van der Waals surface area contributed by atoms with Crippen molar-refractivity contribution in [2.45, 2.75) is 45.6 Å². The van der Waals surface area contributed by atoms with Crippen LogP contribution in [0.2, 0.25) is 0 Å². The molecular weight excluding hydrogens is 188 g/mol. The first-order chi connectivity index (χ1) is 7.35. The van der Waals surface area contributed by atoms with Crippen molar-refractivity contribution in [2.75, 3.05) is 6.54 Å². The summed E-state index contributed by atoms with van der Waals surface area (Å²) in [5.74, 6) is 2.92. The van der Waals surface area contributed by atoms with Gasteiger partial charge in [0.2, 0.25) is 0 Å². The summed E-state index contributed by atoms with van der Waals surface area (Å²) in [6, 6.07) is 0. The molecule has 0 aliphatic carbocycles. The largest absolute Gasteiger partial charge is 0.330 e. The van der Waals surface area contributed by atoms with Gasteiger partial charge in [0.25, 0.3) is 0 Å². The zero-order valence-electron chi connectivity index (χ0n) is 9.45. The molecule has 1 aliphatic heterocycles. The van der Waals surface area contributed by atoms with E-state index in [1.165, 1.54) is 25.1 Å². The van der Waals surface area contributed by atoms with Crippen LogP contribution in [0.5, 0.6) is 0 Å². The summed E-state index contributed by atoms with van der Waals surface area (Å²) in [7, 11) is 0. The Morgan fingerprint density at radius 1 is 1.47 bits per heavy atom. The van der Waals surface area contributed by atoms with Gasteiger partial charge in [0.1, 0.15) is 11.6 Å². The molecule has 1 atom stereocenters. The maximum absolute atomic E-state index is 5.69. The lowest BCUT2D eigenvalue weighted by atomic mass is 9.98. The zero-order chi connectivity index (χ0) is 10.7. The Kier molecular flexibility index (Phi) is 3.36. The third-order valence-electron chi connectivity index (χ3n) is 3.22. The molecule has 4 heteroatoms. The molecule has 1 aromatic rings. The van der Waals surface area contributed by atoms with Crippen LogP contribution in [0.15, 0.2) is 0 Å². The number of fused-ring (bicyclic) bond motifs is 1. The molecule has 0 spiro atoms. The van der Waals surface area contributed by atoms with Crippen LogP contribution in [0.25, 0.3) is 0 Å². The highest BCUT2D eigenvalue weighted by Crippen LogP contribution is 2.19. The number of nitrogens with two attached hydrogens (primary N) is 1. The summed E-state index contributed by atoms with van der Waals surface area (Å²) >= 11 is 0. The molecule has 4 nitrogen and oxygen atoms in total. The lowest BCUT2D eigenvalue weighted by Crippen LogP contribution is -2.26. The lowest BCUT2D eigenvalue weighted by Gasteiger charge is -2.22. The highest BCUT2D eigenvalue weighted by molar-refractivity contribution is 5.00. The van der Waals surface area contributed by atoms with Gasteiger partial charge in [-0.15, -0.1) is 10.2 Å². The van der Waals surface area contributed by atoms with E-state index in [-0.39, 0.29) is 0 Å². The number of unbranched alkanes of at least 4 members (excludes halogenated alkanes) is 1. The first-order valence-corrected chi connectivity index (χ1v) is 5.96. The van der Waals surface area contributed by atoms with E-state index >= 15 is 0 Å². The molecule has 84 valence electrons. The lowest BCUT2D eigenvalue weighted by molar-refractivity contribution is 0.383. The van der Waals surface area contributed by atoms with Crippen molar-refractivity contribution < 1.29 is 0 Å². The Morgan fingerprint density at radius 3 is 3.07 bits per heavy atom. The summed E-state index contributed by atoms with van der Waals surface area (Å²) in [5.41, 5.74) is 5.69. The summed E-state index contributed by atoms with van der Waals surface area (Å²) in [6.45, 7) is 4.04. The van der Waals surface area contributed by atoms with Gasteiger partial charge in [0.15, 0.2) is 0 Å². The molecule has 0 saturated carbocycles. The second-order valence-corrected chi connectivity index (χ2v) is 4.38. The number of aryl methyl sites for hydroxylation is 1. The predicted molar refractivity (Wildman–Crippen MR) is 59.5 cm³/mol. The van der Waals surface area contributed by atoms with Crippen molar-refractivity contribution in [1.29, 1.82) is 0 Å². The van der Waals surface area contributed by atoms with Crippen LogP contribution in [0.1, 0.15) is 37.8 Å². The van der Waals surface area contributed by atoms with Crippen molar-refractivity contribution >= 4 is 0 Å². The second-order valence-electron chi connectivity index (χ2n) is 4.38. The van der Waals surface area contributed by atoms with Crippen LogP contribution in [0.4, 0.5) is 0 Å². The van der Waals surface area contributed by atoms with Crippen molar-refractivity contribution in [3.63, 3.8) is 0 Å². The fraction of sp³-hybridized carbons (Fsp3) is 0.818. The molecule has 2 N–H and O–H groups in total. The minimum atomic E-state index is 0.612. The number of hydrogen-bond acceptors (Lipinski definition) is 3. The van der Waals surface area contributed by atoms with Crippen molar-refractivity contribution in [3.8, 4) is 0 Å². The highest BCUT2D eigenvalue weighted by atomic mass is 15.3. The Hall–Kier alpha value is -0.900. The van der Waals surface area contributed by atoms with Crippen LogP contribution in [0, 0.1) is 5.92 Å². The van der Waals surface area contributed by atoms with E-state index in [0.717, 1.165) is 31.8 Å². The highest BCUT2D eigenvalue weighted by Gasteiger charge is 2.21. The van der Waals surface area contributed by atoms with Crippen LogP contribution >= 0.6 is 0 Å². The number of aromatic nitrogens is 3. The first-order valence-electron chi connectivity index (χ1n) is 5.96. The summed E-state index contributed by atoms with van der Waals surface area (Å²) in [6.07, 6.45) is 5.68. The maximum Gasteiger partial charge on any atom is 0.133 e. The number of hydrogen-bond donors (Lipinski definition) is 1. The quantitative estimate of drug-likeness (QED) is 0.807. The molecule has 0 amide bonds. The van der Waals surface area contributed by atoms with Crippen molar-refractivity contribution in [2.24, 2.45) is 11.7 Å². The smallest absolute Gasteiger partial charge is 0.133 e. The number of nitrogens with zero attached hydrogens (tertiary/aromatic N) is 3. The van der Waals surface area contributed by atoms with E-state index in [0.29, 0.717) is 5.92 Å². The Labute approximate surface area is 90.9 Å². The Balaban J connectivity index is 2.08. The van der Waals surface area contributed by atoms with Gasteiger partial charge in [-0.1, -0.05) is 13.3 Å². The van der Waals surface area contributed by atoms with Gasteiger partial charge in [-0.05, 0) is 25.3 Å². The molecular formula is C11H20N4. The summed E-state index contributed by atoms with van der Waals surface area (Å²) in [5, 5.41) is 8.54. The van der Waals surface area contributed by atoms with Gasteiger partial charge in [0, 0.05) is 19.4 Å². The van der Waals surface area contributed by atoms with E-state index in [1.54, 1.807) is 0 Å². The van der Waals surface area contributed by atoms with Gasteiger partial charge in [0.05, 0.1) is 0 Å². The molecule has 15 heavy (non-hydrogen) atoms. The van der Waals surface area contributed by atoms with Crippen LogP contribution in [0.3, 0.4) is 0 Å². The third-order valence-corrected chi connectivity index (χ3v) is 3.22. The molecule has 0 bridgehead atoms. The van der Waals surface area contributed by atoms with Crippen molar-refractivity contribution in [3.05, 3.63) is 11.6 Å². The van der Waals surface area contributed by atoms with E-state index in [4.69, 9.17) is 5.73 Å². The topological polar surface area (TPSA) is 56.7 Å². The monoisotopic (exact) mass is 208 g/mol. The van der Waals surface area contributed by atoms with Gasteiger partial charge in [-0.3, -0.25) is 0 Å². The molecule has 0 radical (unpaired) electrons. The van der Waals surface area contributed by atoms with E-state index in [2.05, 4.69) is 21.7 Å². The second kappa shape index (κ2) is 4.75. The molecule has 0 fully saturated rings. The predicted octanol–water partition coefficient (Wildman–Crippen LogP) is 1.14. The van der Waals surface area contributed by atoms with Crippen molar-refractivity contribution in [1.82, 2.24) is 14.8 Å². The molecule has 1 unspecified atom stereocenters. The molecule has 2 heterocycles. The first kappa shape index (κ1) is 10.6. The molecule has 2 rings (SSSR count). The van der Waals surface area contributed by atoms with Gasteiger partial charge >= 0.3 is 0 Å². The van der Waals surface area contributed by atoms with E-state index in [9.17, 15) is 0 Å². The van der Waals surface area contributed by atoms with Crippen LogP contribution in [-0.2, 0) is 19.4 Å². The summed E-state index contributed by atoms with van der Waals surface area (Å²) < 4.78 is 2.29. The Bertz CT molecular complexity index is 305. The normalized spacial score (nSPS) is 20.3. The maximum atomic E-state index is 5.69. The Morgan fingerprint density at radius 2 is 2.33 bits per heavy atom. The standard InChI is InChI=1S/C11H20N4/c1-2-3-4-10-13-14-11-7-9(8-12)5-6-15(10)11/h9H,2-8,12H2,1H3. The minimum Gasteiger partial charge on any atom is -0.330 e. The van der Waals surface area contributed by atoms with Gasteiger partial charge in [-0.25, -0.2) is 0 Å². The molecule has 1 aromatic heterocycles. The van der Waals surface area contributed by atoms with Gasteiger partial charge in [-0.2, -0.15) is 0 Å². The van der Waals surface area contributed by atoms with Gasteiger partial charge < -0.3 is 10.3 Å². The fourth-order valence-electron chi connectivity index (χ4n) is 2.17. The molecule has 0 saturated heterocycles. The van der Waals surface area contributed by atoms with Crippen LogP contribution in [-0.4, -0.2) is 21.3 Å². The average molecular weight is 208 g/mol. The fourth-order valence-corrected chi connectivity index (χ4v) is 2.17. The minimum absolute atomic E-state index is 0.612. The van der Waals surface area contributed by atoms with E-state index in [1.807, 2.05) is 0 Å². The van der Waals surface area contributed by atoms with E-state index < -0.39 is 0 Å².